The van der Waals surface area contributed by atoms with Crippen molar-refractivity contribution in [2.24, 2.45) is 10.9 Å². The molecule has 0 N–H and O–H groups in total. The molecule has 0 aromatic carbocycles. The lowest BCUT2D eigenvalue weighted by Crippen LogP contribution is -2.20. The number of hydrogen-bond acceptors (Lipinski definition) is 3. The Morgan fingerprint density at radius 1 is 1.57 bits per heavy atom. The third-order valence-electron chi connectivity index (χ3n) is 2.55. The highest BCUT2D eigenvalue weighted by Gasteiger charge is 2.37. The summed E-state index contributed by atoms with van der Waals surface area (Å²) in [5.74, 6) is 0.118. The summed E-state index contributed by atoms with van der Waals surface area (Å²) in [6, 6.07) is 1.87. The Morgan fingerprint density at radius 2 is 2.43 bits per heavy atom. The summed E-state index contributed by atoms with van der Waals surface area (Å²) < 4.78 is 1.04. The van der Waals surface area contributed by atoms with E-state index < -0.39 is 0 Å². The van der Waals surface area contributed by atoms with E-state index in [0.29, 0.717) is 0 Å². The number of nitrogens with zero attached hydrogens (tertiary/aromatic N) is 2. The third kappa shape index (κ3) is 0.812. The number of thiophene rings is 1. The Kier molecular flexibility index (Phi) is 1.44. The summed E-state index contributed by atoms with van der Waals surface area (Å²) >= 11 is 1.60. The van der Waals surface area contributed by atoms with Gasteiger partial charge in [0.25, 0.3) is 0 Å². The molecule has 0 amide bonds. The lowest BCUT2D eigenvalue weighted by molar-refractivity contribution is -0.358. The smallest absolute Gasteiger partial charge is 0.235 e. The summed E-state index contributed by atoms with van der Waals surface area (Å²) in [7, 11) is 0. The number of aliphatic imine (C=N–C) groups is 1. The summed E-state index contributed by atoms with van der Waals surface area (Å²) in [5.41, 5.74) is 2.61. The van der Waals surface area contributed by atoms with Crippen molar-refractivity contribution in [2.75, 3.05) is 0 Å². The van der Waals surface area contributed by atoms with E-state index in [1.165, 1.54) is 0 Å². The Bertz CT molecular complexity index is 496. The molecule has 2 aliphatic rings. The molecule has 3 nitrogen and oxygen atoms in total. The van der Waals surface area contributed by atoms with Crippen molar-refractivity contribution < 1.29 is 4.74 Å². The van der Waals surface area contributed by atoms with Crippen molar-refractivity contribution in [1.82, 2.24) is 0 Å². The summed E-state index contributed by atoms with van der Waals surface area (Å²) in [4.78, 5) is 5.20. The molecule has 0 saturated heterocycles. The zero-order chi connectivity index (χ0) is 9.71. The van der Waals surface area contributed by atoms with Crippen molar-refractivity contribution in [3.8, 4) is 0 Å². The zero-order valence-electron chi connectivity index (χ0n) is 7.60. The van der Waals surface area contributed by atoms with Crippen LogP contribution in [-0.4, -0.2) is 16.7 Å². The normalized spacial score (nSPS) is 23.5. The van der Waals surface area contributed by atoms with Gasteiger partial charge in [-0.25, -0.2) is 0 Å². The first-order valence-electron chi connectivity index (χ1n) is 4.45. The second-order valence-corrected chi connectivity index (χ2v) is 4.36. The van der Waals surface area contributed by atoms with Crippen molar-refractivity contribution in [3.05, 3.63) is 27.7 Å². The van der Waals surface area contributed by atoms with Crippen LogP contribution >= 0.6 is 11.3 Å². The minimum Gasteiger partial charge on any atom is -0.618 e. The number of hydrogen-bond donors (Lipinski definition) is 0. The van der Waals surface area contributed by atoms with Gasteiger partial charge in [-0.1, -0.05) is 0 Å². The van der Waals surface area contributed by atoms with E-state index in [-0.39, 0.29) is 5.92 Å². The predicted molar refractivity (Wildman–Crippen MR) is 58.2 cm³/mol. The second kappa shape index (κ2) is 2.54. The fourth-order valence-corrected chi connectivity index (χ4v) is 2.78. The van der Waals surface area contributed by atoms with Crippen LogP contribution < -0.4 is 0 Å². The largest absolute Gasteiger partial charge is 0.618 e. The van der Waals surface area contributed by atoms with Crippen LogP contribution in [0.5, 0.6) is 0 Å². The van der Waals surface area contributed by atoms with Gasteiger partial charge in [0.15, 0.2) is 0 Å². The van der Waals surface area contributed by atoms with Crippen LogP contribution in [0.1, 0.15) is 11.8 Å². The van der Waals surface area contributed by atoms with Crippen LogP contribution in [0.25, 0.3) is 5.57 Å². The molecule has 1 atom stereocenters. The van der Waals surface area contributed by atoms with Gasteiger partial charge in [0.05, 0.1) is 11.5 Å². The van der Waals surface area contributed by atoms with E-state index in [0.717, 1.165) is 26.6 Å². The lowest BCUT2D eigenvalue weighted by atomic mass is 9.99. The maximum Gasteiger partial charge on any atom is 0.235 e. The highest BCUT2D eigenvalue weighted by atomic mass is 32.1. The first kappa shape index (κ1) is 7.94. The van der Waals surface area contributed by atoms with Gasteiger partial charge in [-0.3, -0.25) is 4.99 Å². The van der Waals surface area contributed by atoms with Crippen LogP contribution in [0.4, 0.5) is 5.69 Å². The fourth-order valence-electron chi connectivity index (χ4n) is 1.89. The summed E-state index contributed by atoms with van der Waals surface area (Å²) in [6.45, 7) is 1.99. The van der Waals surface area contributed by atoms with Gasteiger partial charge >= 0.3 is 0 Å². The molecule has 4 heteroatoms. The molecule has 3 heterocycles. The van der Waals surface area contributed by atoms with Gasteiger partial charge < -0.3 is 5.21 Å². The maximum atomic E-state index is 11.9. The van der Waals surface area contributed by atoms with Crippen molar-refractivity contribution in [1.29, 1.82) is 0 Å². The highest BCUT2D eigenvalue weighted by Crippen LogP contribution is 2.40. The van der Waals surface area contributed by atoms with Crippen LogP contribution in [0.3, 0.4) is 0 Å². The molecule has 1 unspecified atom stereocenters. The summed E-state index contributed by atoms with van der Waals surface area (Å²) in [5, 5.41) is 13.8. The van der Waals surface area contributed by atoms with E-state index in [1.807, 2.05) is 18.4 Å². The molecular weight excluding hydrogens is 196 g/mol. The van der Waals surface area contributed by atoms with Gasteiger partial charge in [-0.15, -0.1) is 11.3 Å². The maximum absolute atomic E-state index is 11.9. The molecule has 2 aliphatic heterocycles. The zero-order valence-corrected chi connectivity index (χ0v) is 8.41. The summed E-state index contributed by atoms with van der Waals surface area (Å²) in [6.07, 6.45) is 3.59. The van der Waals surface area contributed by atoms with Crippen LogP contribution in [-0.2, 0) is 0 Å². The van der Waals surface area contributed by atoms with Crippen molar-refractivity contribution in [2.45, 2.75) is 6.92 Å². The van der Waals surface area contributed by atoms with E-state index in [4.69, 9.17) is 0 Å². The highest BCUT2D eigenvalue weighted by molar-refractivity contribution is 7.12. The van der Waals surface area contributed by atoms with E-state index in [2.05, 4.69) is 4.99 Å². The lowest BCUT2D eigenvalue weighted by Gasteiger charge is -2.09. The van der Waals surface area contributed by atoms with E-state index in [9.17, 15) is 5.21 Å². The molecular formula is C10H8N2OS. The Balaban J connectivity index is 2.31. The third-order valence-corrected chi connectivity index (χ3v) is 3.48. The monoisotopic (exact) mass is 204 g/mol. The molecule has 0 bridgehead atoms. The number of rotatable bonds is 0. The SMILES string of the molecule is CC1C=NC=C2C1=[N+]([O-])c1ccsc12. The molecule has 70 valence electrons. The molecule has 0 fully saturated rings. The molecule has 1 aromatic rings. The van der Waals surface area contributed by atoms with Crippen molar-refractivity contribution in [3.63, 3.8) is 0 Å². The molecule has 0 radical (unpaired) electrons. The average Bonchev–Trinajstić information content (AvgIpc) is 2.71. The molecule has 3 rings (SSSR count). The number of allylic oxidation sites excluding steroid dienone is 1. The van der Waals surface area contributed by atoms with E-state index >= 15 is 0 Å². The van der Waals surface area contributed by atoms with Crippen LogP contribution in [0.15, 0.2) is 22.6 Å². The van der Waals surface area contributed by atoms with E-state index in [1.54, 1.807) is 23.8 Å². The minimum atomic E-state index is 0.118. The molecule has 1 aromatic heterocycles. The van der Waals surface area contributed by atoms with Gasteiger partial charge in [-0.05, 0) is 12.3 Å². The number of fused-ring (bicyclic) bond motifs is 3. The quantitative estimate of drug-likeness (QED) is 0.472. The molecule has 0 saturated carbocycles. The van der Waals surface area contributed by atoms with Gasteiger partial charge in [0.2, 0.25) is 11.4 Å². The molecule has 0 aliphatic carbocycles. The van der Waals surface area contributed by atoms with Gasteiger partial charge in [0.1, 0.15) is 4.88 Å². The Labute approximate surface area is 85.3 Å². The van der Waals surface area contributed by atoms with Crippen LogP contribution in [0, 0.1) is 11.1 Å². The topological polar surface area (TPSA) is 38.4 Å². The second-order valence-electron chi connectivity index (χ2n) is 3.44. The average molecular weight is 204 g/mol. The Hall–Kier alpha value is -1.42. The standard InChI is InChI=1S/C10H8N2OS/c1-6-4-11-5-7-9(6)12(13)8-2-3-14-10(7)8/h2-6H,1H3. The molecule has 0 spiro atoms. The van der Waals surface area contributed by atoms with Gasteiger partial charge in [-0.2, -0.15) is 4.74 Å². The van der Waals surface area contributed by atoms with Crippen LogP contribution in [0.2, 0.25) is 0 Å². The molecule has 14 heavy (non-hydrogen) atoms. The Morgan fingerprint density at radius 3 is 3.29 bits per heavy atom. The predicted octanol–water partition coefficient (Wildman–Crippen LogP) is 2.41. The first-order chi connectivity index (χ1) is 6.79. The first-order valence-corrected chi connectivity index (χ1v) is 5.33. The van der Waals surface area contributed by atoms with Crippen molar-refractivity contribution >= 4 is 34.5 Å². The minimum absolute atomic E-state index is 0.118. The fraction of sp³-hybridized carbons (Fsp3) is 0.200. The van der Waals surface area contributed by atoms with Gasteiger partial charge in [0, 0.05) is 18.5 Å².